The minimum atomic E-state index is -0.473. The molecule has 3 rings (SSSR count). The lowest BCUT2D eigenvalue weighted by molar-refractivity contribution is 0.273. The average molecular weight is 400 g/mol. The van der Waals surface area contributed by atoms with E-state index in [0.29, 0.717) is 34.9 Å². The Labute approximate surface area is 168 Å². The van der Waals surface area contributed by atoms with Crippen LogP contribution in [0, 0.1) is 5.92 Å². The van der Waals surface area contributed by atoms with Crippen LogP contribution in [0.1, 0.15) is 31.7 Å². The summed E-state index contributed by atoms with van der Waals surface area (Å²) in [5.74, 6) is 1.92. The highest BCUT2D eigenvalue weighted by Gasteiger charge is 2.11. The summed E-state index contributed by atoms with van der Waals surface area (Å²) in [6.45, 7) is 4.92. The van der Waals surface area contributed by atoms with E-state index in [-0.39, 0.29) is 10.9 Å². The molecule has 0 aliphatic carbocycles. The first-order valence-corrected chi connectivity index (χ1v) is 9.44. The van der Waals surface area contributed by atoms with Crippen molar-refractivity contribution in [2.45, 2.75) is 20.3 Å². The molecule has 5 nitrogen and oxygen atoms in total. The highest BCUT2D eigenvalue weighted by molar-refractivity contribution is 6.50. The molecule has 0 N–H and O–H groups in total. The van der Waals surface area contributed by atoms with Crippen LogP contribution in [0.3, 0.4) is 0 Å². The van der Waals surface area contributed by atoms with Gasteiger partial charge in [0, 0.05) is 0 Å². The molecule has 0 bridgehead atoms. The number of para-hydroxylation sites is 1. The lowest BCUT2D eigenvalue weighted by Crippen LogP contribution is -2.03. The zero-order valence-corrected chi connectivity index (χ0v) is 16.8. The van der Waals surface area contributed by atoms with E-state index in [1.807, 2.05) is 18.2 Å². The molecule has 0 saturated heterocycles. The summed E-state index contributed by atoms with van der Waals surface area (Å²) in [4.78, 5) is 16.4. The summed E-state index contributed by atoms with van der Waals surface area (Å²) in [5.41, 5.74) is 0.834. The van der Waals surface area contributed by atoms with Crippen LogP contribution in [0.15, 0.2) is 51.7 Å². The molecule has 28 heavy (non-hydrogen) atoms. The summed E-state index contributed by atoms with van der Waals surface area (Å²) in [7, 11) is 1.59. The fourth-order valence-corrected chi connectivity index (χ4v) is 2.83. The summed E-state index contributed by atoms with van der Waals surface area (Å²) >= 11 is 6.36. The standard InChI is InChI=1S/C22H22ClNO4/c1-14(2)10-11-27-19-9-8-15(13-20(19)26-3)12-17(23)21-24-18-7-5-4-6-16(18)22(25)28-21/h4-9,12-14H,10-11H2,1-3H3/b17-12-. The Kier molecular flexibility index (Phi) is 6.37. The van der Waals surface area contributed by atoms with Crippen LogP contribution in [-0.4, -0.2) is 18.7 Å². The van der Waals surface area contributed by atoms with Crippen molar-refractivity contribution in [1.82, 2.24) is 4.98 Å². The van der Waals surface area contributed by atoms with Crippen LogP contribution >= 0.6 is 11.6 Å². The Morgan fingerprint density at radius 1 is 1.21 bits per heavy atom. The maximum Gasteiger partial charge on any atom is 0.347 e. The number of hydrogen-bond acceptors (Lipinski definition) is 5. The van der Waals surface area contributed by atoms with Crippen molar-refractivity contribution < 1.29 is 13.9 Å². The molecule has 2 aromatic carbocycles. The van der Waals surface area contributed by atoms with E-state index >= 15 is 0 Å². The van der Waals surface area contributed by atoms with Gasteiger partial charge in [0.15, 0.2) is 11.5 Å². The maximum absolute atomic E-state index is 12.1. The predicted octanol–water partition coefficient (Wildman–Crippen LogP) is 5.36. The van der Waals surface area contributed by atoms with E-state index in [0.717, 1.165) is 12.0 Å². The highest BCUT2D eigenvalue weighted by atomic mass is 35.5. The molecule has 0 amide bonds. The second kappa shape index (κ2) is 8.93. The SMILES string of the molecule is COc1cc(/C=C(\Cl)c2nc3ccccc3c(=O)o2)ccc1OCCC(C)C. The lowest BCUT2D eigenvalue weighted by Gasteiger charge is -2.12. The third-order valence-corrected chi connectivity index (χ3v) is 4.44. The van der Waals surface area contributed by atoms with Crippen molar-refractivity contribution in [2.24, 2.45) is 5.92 Å². The summed E-state index contributed by atoms with van der Waals surface area (Å²) in [6.07, 6.45) is 2.63. The largest absolute Gasteiger partial charge is 0.493 e. The van der Waals surface area contributed by atoms with Crippen molar-refractivity contribution in [2.75, 3.05) is 13.7 Å². The van der Waals surface area contributed by atoms with Gasteiger partial charge < -0.3 is 13.9 Å². The Bertz CT molecular complexity index is 1060. The van der Waals surface area contributed by atoms with Gasteiger partial charge in [-0.2, -0.15) is 0 Å². The van der Waals surface area contributed by atoms with Crippen LogP contribution in [0.25, 0.3) is 22.0 Å². The van der Waals surface area contributed by atoms with Gasteiger partial charge in [-0.15, -0.1) is 0 Å². The molecule has 1 heterocycles. The maximum atomic E-state index is 12.1. The Hall–Kier alpha value is -2.79. The van der Waals surface area contributed by atoms with Gasteiger partial charge in [0.05, 0.1) is 24.6 Å². The number of nitrogens with zero attached hydrogens (tertiary/aromatic N) is 1. The summed E-state index contributed by atoms with van der Waals surface area (Å²) in [5, 5.41) is 0.638. The van der Waals surface area contributed by atoms with E-state index in [2.05, 4.69) is 18.8 Å². The predicted molar refractivity (Wildman–Crippen MR) is 112 cm³/mol. The van der Waals surface area contributed by atoms with Crippen LogP contribution in [0.5, 0.6) is 11.5 Å². The Morgan fingerprint density at radius 2 is 2.00 bits per heavy atom. The fourth-order valence-electron chi connectivity index (χ4n) is 2.63. The van der Waals surface area contributed by atoms with Crippen LogP contribution in [0.4, 0.5) is 0 Å². The van der Waals surface area contributed by atoms with Crippen molar-refractivity contribution in [3.63, 3.8) is 0 Å². The van der Waals surface area contributed by atoms with Crippen molar-refractivity contribution >= 4 is 33.6 Å². The number of methoxy groups -OCH3 is 1. The highest BCUT2D eigenvalue weighted by Crippen LogP contribution is 2.30. The zero-order valence-electron chi connectivity index (χ0n) is 16.1. The number of fused-ring (bicyclic) bond motifs is 1. The number of aromatic nitrogens is 1. The van der Waals surface area contributed by atoms with Gasteiger partial charge in [0.2, 0.25) is 5.89 Å². The zero-order chi connectivity index (χ0) is 20.1. The number of hydrogen-bond donors (Lipinski definition) is 0. The van der Waals surface area contributed by atoms with E-state index in [1.165, 1.54) is 0 Å². The lowest BCUT2D eigenvalue weighted by atomic mass is 10.1. The number of halogens is 1. The van der Waals surface area contributed by atoms with Crippen LogP contribution in [0.2, 0.25) is 0 Å². The van der Waals surface area contributed by atoms with Crippen molar-refractivity contribution in [3.05, 3.63) is 64.3 Å². The molecule has 146 valence electrons. The summed E-state index contributed by atoms with van der Waals surface area (Å²) in [6, 6.07) is 12.5. The second-order valence-electron chi connectivity index (χ2n) is 6.76. The monoisotopic (exact) mass is 399 g/mol. The van der Waals surface area contributed by atoms with E-state index in [4.69, 9.17) is 25.5 Å². The quantitative estimate of drug-likeness (QED) is 0.535. The molecule has 3 aromatic rings. The number of rotatable bonds is 7. The molecule has 0 aliphatic heterocycles. The van der Waals surface area contributed by atoms with Gasteiger partial charge in [0.25, 0.3) is 0 Å². The van der Waals surface area contributed by atoms with Gasteiger partial charge in [0.1, 0.15) is 5.03 Å². The molecular formula is C22H22ClNO4. The van der Waals surface area contributed by atoms with Gasteiger partial charge >= 0.3 is 5.63 Å². The van der Waals surface area contributed by atoms with Crippen molar-refractivity contribution in [3.8, 4) is 11.5 Å². The third kappa shape index (κ3) is 4.73. The first-order valence-electron chi connectivity index (χ1n) is 9.06. The van der Waals surface area contributed by atoms with E-state index in [9.17, 15) is 4.79 Å². The normalized spacial score (nSPS) is 11.8. The topological polar surface area (TPSA) is 61.6 Å². The molecule has 0 spiro atoms. The molecule has 0 saturated carbocycles. The number of ether oxygens (including phenoxy) is 2. The molecule has 6 heteroatoms. The Balaban J connectivity index is 1.87. The van der Waals surface area contributed by atoms with Gasteiger partial charge in [-0.3, -0.25) is 0 Å². The van der Waals surface area contributed by atoms with Crippen molar-refractivity contribution in [1.29, 1.82) is 0 Å². The first kappa shape index (κ1) is 20.0. The molecular weight excluding hydrogens is 378 g/mol. The molecule has 1 aromatic heterocycles. The molecule has 0 aliphatic rings. The Morgan fingerprint density at radius 3 is 2.75 bits per heavy atom. The van der Waals surface area contributed by atoms with Gasteiger partial charge in [-0.25, -0.2) is 9.78 Å². The minimum Gasteiger partial charge on any atom is -0.493 e. The molecule has 0 unspecified atom stereocenters. The fraction of sp³-hybridized carbons (Fsp3) is 0.273. The average Bonchev–Trinajstić information content (AvgIpc) is 2.68. The molecule has 0 atom stereocenters. The molecule has 0 radical (unpaired) electrons. The van der Waals surface area contributed by atoms with E-state index in [1.54, 1.807) is 37.5 Å². The van der Waals surface area contributed by atoms with Crippen LogP contribution in [-0.2, 0) is 0 Å². The van der Waals surface area contributed by atoms with Gasteiger partial charge in [-0.05, 0) is 48.2 Å². The first-order chi connectivity index (χ1) is 13.5. The smallest absolute Gasteiger partial charge is 0.347 e. The minimum absolute atomic E-state index is 0.0709. The van der Waals surface area contributed by atoms with Gasteiger partial charge in [-0.1, -0.05) is 43.6 Å². The second-order valence-corrected chi connectivity index (χ2v) is 7.16. The number of benzene rings is 2. The van der Waals surface area contributed by atoms with Crippen LogP contribution < -0.4 is 15.1 Å². The summed E-state index contributed by atoms with van der Waals surface area (Å²) < 4.78 is 16.5. The molecule has 0 fully saturated rings. The third-order valence-electron chi connectivity index (χ3n) is 4.17. The van der Waals surface area contributed by atoms with E-state index < -0.39 is 5.63 Å².